The molecule has 0 aliphatic rings. The molecule has 0 bridgehead atoms. The topological polar surface area (TPSA) is 36.4 Å². The first-order valence-corrected chi connectivity index (χ1v) is 7.52. The number of aromatic nitrogens is 1. The molecule has 0 fully saturated rings. The average molecular weight is 277 g/mol. The molecule has 0 aromatic carbocycles. The van der Waals surface area contributed by atoms with E-state index in [2.05, 4.69) is 23.7 Å². The highest BCUT2D eigenvalue weighted by Crippen LogP contribution is 2.01. The summed E-state index contributed by atoms with van der Waals surface area (Å²) in [5.74, 6) is 0.242. The fourth-order valence-electron chi connectivity index (χ4n) is 2.18. The van der Waals surface area contributed by atoms with E-state index in [0.717, 1.165) is 38.9 Å². The molecule has 0 unspecified atom stereocenters. The first kappa shape index (κ1) is 16.6. The number of pyridine rings is 1. The normalized spacial score (nSPS) is 10.8. The first-order valence-electron chi connectivity index (χ1n) is 7.52. The highest BCUT2D eigenvalue weighted by Gasteiger charge is 2.13. The number of hydrogen-bond acceptors (Lipinski definition) is 3. The summed E-state index contributed by atoms with van der Waals surface area (Å²) in [6, 6.07) is 4.05. The van der Waals surface area contributed by atoms with Crippen molar-refractivity contribution in [2.75, 3.05) is 33.2 Å². The summed E-state index contributed by atoms with van der Waals surface area (Å²) in [5.41, 5.74) is 1.26. The van der Waals surface area contributed by atoms with Gasteiger partial charge < -0.3 is 4.90 Å². The maximum atomic E-state index is 12.2. The highest BCUT2D eigenvalue weighted by molar-refractivity contribution is 5.78. The molecule has 1 heterocycles. The summed E-state index contributed by atoms with van der Waals surface area (Å²) in [7, 11) is 2.01. The predicted molar refractivity (Wildman–Crippen MR) is 82.6 cm³/mol. The van der Waals surface area contributed by atoms with Gasteiger partial charge in [0, 0.05) is 32.0 Å². The Bertz CT molecular complexity index is 375. The van der Waals surface area contributed by atoms with Crippen LogP contribution >= 0.6 is 0 Å². The lowest BCUT2D eigenvalue weighted by Crippen LogP contribution is -2.40. The molecule has 1 aromatic rings. The van der Waals surface area contributed by atoms with Gasteiger partial charge in [0.1, 0.15) is 0 Å². The van der Waals surface area contributed by atoms with Gasteiger partial charge in [-0.25, -0.2) is 0 Å². The molecule has 1 rings (SSSR count). The summed E-state index contributed by atoms with van der Waals surface area (Å²) in [6.07, 6.45) is 6.61. The Hall–Kier alpha value is -1.42. The van der Waals surface area contributed by atoms with E-state index in [1.54, 1.807) is 0 Å². The minimum atomic E-state index is 0.242. The van der Waals surface area contributed by atoms with Crippen LogP contribution in [-0.2, 0) is 11.2 Å². The van der Waals surface area contributed by atoms with E-state index in [1.165, 1.54) is 5.56 Å². The monoisotopic (exact) mass is 277 g/mol. The summed E-state index contributed by atoms with van der Waals surface area (Å²) >= 11 is 0. The highest BCUT2D eigenvalue weighted by atomic mass is 16.2. The van der Waals surface area contributed by atoms with E-state index in [9.17, 15) is 4.79 Å². The Balaban J connectivity index is 2.36. The molecule has 1 aromatic heterocycles. The Labute approximate surface area is 122 Å². The maximum absolute atomic E-state index is 12.2. The van der Waals surface area contributed by atoms with E-state index in [-0.39, 0.29) is 5.91 Å². The van der Waals surface area contributed by atoms with Crippen LogP contribution < -0.4 is 0 Å². The summed E-state index contributed by atoms with van der Waals surface area (Å²) < 4.78 is 0. The molecule has 0 spiro atoms. The lowest BCUT2D eigenvalue weighted by Gasteiger charge is -2.24. The fourth-order valence-corrected chi connectivity index (χ4v) is 2.18. The van der Waals surface area contributed by atoms with Crippen molar-refractivity contribution >= 4 is 5.91 Å². The SMILES string of the molecule is CCCN(CCC)C(=O)CN(C)CCc1ccncc1. The zero-order valence-corrected chi connectivity index (χ0v) is 13.0. The Morgan fingerprint density at radius 2 is 1.70 bits per heavy atom. The summed E-state index contributed by atoms with van der Waals surface area (Å²) in [6.45, 7) is 7.36. The van der Waals surface area contributed by atoms with E-state index < -0.39 is 0 Å². The average Bonchev–Trinajstić information content (AvgIpc) is 2.46. The lowest BCUT2D eigenvalue weighted by atomic mass is 10.2. The van der Waals surface area contributed by atoms with Gasteiger partial charge in [-0.2, -0.15) is 0 Å². The van der Waals surface area contributed by atoms with Crippen molar-refractivity contribution in [2.45, 2.75) is 33.1 Å². The van der Waals surface area contributed by atoms with Gasteiger partial charge in [0.15, 0.2) is 0 Å². The number of hydrogen-bond donors (Lipinski definition) is 0. The number of carbonyl (C=O) groups excluding carboxylic acids is 1. The molecule has 1 amide bonds. The van der Waals surface area contributed by atoms with Gasteiger partial charge in [0.2, 0.25) is 5.91 Å². The van der Waals surface area contributed by atoms with Gasteiger partial charge in [-0.15, -0.1) is 0 Å². The third-order valence-corrected chi connectivity index (χ3v) is 3.28. The fraction of sp³-hybridized carbons (Fsp3) is 0.625. The maximum Gasteiger partial charge on any atom is 0.236 e. The van der Waals surface area contributed by atoms with Gasteiger partial charge in [0.25, 0.3) is 0 Å². The molecule has 0 saturated carbocycles. The molecule has 0 atom stereocenters. The largest absolute Gasteiger partial charge is 0.342 e. The number of amides is 1. The van der Waals surface area contributed by atoms with Crippen LogP contribution in [0.2, 0.25) is 0 Å². The molecular formula is C16H27N3O. The van der Waals surface area contributed by atoms with Crippen LogP contribution in [0.25, 0.3) is 0 Å². The van der Waals surface area contributed by atoms with Crippen molar-refractivity contribution in [1.82, 2.24) is 14.8 Å². The minimum absolute atomic E-state index is 0.242. The molecule has 0 N–H and O–H groups in total. The molecule has 0 radical (unpaired) electrons. The van der Waals surface area contributed by atoms with Crippen LogP contribution in [0.3, 0.4) is 0 Å². The summed E-state index contributed by atoms with van der Waals surface area (Å²) in [5, 5.41) is 0. The third-order valence-electron chi connectivity index (χ3n) is 3.28. The number of rotatable bonds is 9. The molecule has 4 nitrogen and oxygen atoms in total. The Kier molecular flexibility index (Phi) is 7.88. The van der Waals surface area contributed by atoms with Gasteiger partial charge >= 0.3 is 0 Å². The van der Waals surface area contributed by atoms with Crippen LogP contribution in [0.15, 0.2) is 24.5 Å². The van der Waals surface area contributed by atoms with Gasteiger partial charge in [0.05, 0.1) is 6.54 Å². The Morgan fingerprint density at radius 1 is 1.10 bits per heavy atom. The molecular weight excluding hydrogens is 250 g/mol. The van der Waals surface area contributed by atoms with Crippen molar-refractivity contribution in [3.8, 4) is 0 Å². The first-order chi connectivity index (χ1) is 9.67. The van der Waals surface area contributed by atoms with E-state index in [0.29, 0.717) is 6.54 Å². The van der Waals surface area contributed by atoms with Crippen LogP contribution in [0.4, 0.5) is 0 Å². The van der Waals surface area contributed by atoms with Crippen molar-refractivity contribution in [1.29, 1.82) is 0 Å². The molecule has 0 saturated heterocycles. The molecule has 0 aliphatic heterocycles. The van der Waals surface area contributed by atoms with Crippen molar-refractivity contribution < 1.29 is 4.79 Å². The van der Waals surface area contributed by atoms with Crippen molar-refractivity contribution in [3.63, 3.8) is 0 Å². The molecule has 20 heavy (non-hydrogen) atoms. The lowest BCUT2D eigenvalue weighted by molar-refractivity contribution is -0.132. The van der Waals surface area contributed by atoms with Gasteiger partial charge in [-0.1, -0.05) is 13.8 Å². The standard InChI is InChI=1S/C16H27N3O/c1-4-11-19(12-5-2)16(20)14-18(3)13-8-15-6-9-17-10-7-15/h6-7,9-10H,4-5,8,11-14H2,1-3H3. The summed E-state index contributed by atoms with van der Waals surface area (Å²) in [4.78, 5) is 20.3. The van der Waals surface area contributed by atoms with E-state index >= 15 is 0 Å². The number of likely N-dealkylation sites (N-methyl/N-ethyl adjacent to an activating group) is 1. The van der Waals surface area contributed by atoms with E-state index in [1.807, 2.05) is 36.5 Å². The van der Waals surface area contributed by atoms with Crippen molar-refractivity contribution in [3.05, 3.63) is 30.1 Å². The minimum Gasteiger partial charge on any atom is -0.342 e. The van der Waals surface area contributed by atoms with Gasteiger partial charge in [-0.05, 0) is 44.0 Å². The zero-order valence-electron chi connectivity index (χ0n) is 13.0. The molecule has 112 valence electrons. The van der Waals surface area contributed by atoms with Crippen LogP contribution in [0, 0.1) is 0 Å². The quantitative estimate of drug-likeness (QED) is 0.694. The molecule has 4 heteroatoms. The Morgan fingerprint density at radius 3 is 2.25 bits per heavy atom. The second-order valence-electron chi connectivity index (χ2n) is 5.22. The second kappa shape index (κ2) is 9.48. The third kappa shape index (κ3) is 6.15. The van der Waals surface area contributed by atoms with E-state index in [4.69, 9.17) is 0 Å². The second-order valence-corrected chi connectivity index (χ2v) is 5.22. The van der Waals surface area contributed by atoms with Gasteiger partial charge in [-0.3, -0.25) is 14.7 Å². The predicted octanol–water partition coefficient (Wildman–Crippen LogP) is 2.20. The number of nitrogens with zero attached hydrogens (tertiary/aromatic N) is 3. The van der Waals surface area contributed by atoms with Crippen LogP contribution in [-0.4, -0.2) is 53.9 Å². The van der Waals surface area contributed by atoms with Crippen LogP contribution in [0.1, 0.15) is 32.3 Å². The molecule has 0 aliphatic carbocycles. The zero-order chi connectivity index (χ0) is 14.8. The van der Waals surface area contributed by atoms with Crippen LogP contribution in [0.5, 0.6) is 0 Å². The number of carbonyl (C=O) groups is 1. The smallest absolute Gasteiger partial charge is 0.236 e. The van der Waals surface area contributed by atoms with Crippen molar-refractivity contribution in [2.24, 2.45) is 0 Å².